The number of hydrazine groups is 1. The molecule has 1 aromatic heterocycles. The van der Waals surface area contributed by atoms with Gasteiger partial charge in [-0.15, -0.1) is 0 Å². The van der Waals surface area contributed by atoms with E-state index in [1.54, 1.807) is 6.07 Å². The number of nitrogens with one attached hydrogen (secondary N) is 2. The van der Waals surface area contributed by atoms with Gasteiger partial charge in [-0.25, -0.2) is 4.98 Å². The van der Waals surface area contributed by atoms with Gasteiger partial charge in [0, 0.05) is 5.02 Å². The molecule has 0 bridgehead atoms. The lowest BCUT2D eigenvalue weighted by Gasteiger charge is -2.13. The molecule has 1 amide bonds. The second-order valence-corrected chi connectivity index (χ2v) is 6.91. The van der Waals surface area contributed by atoms with Crippen LogP contribution in [-0.2, 0) is 0 Å². The Morgan fingerprint density at radius 1 is 1.07 bits per heavy atom. The molecule has 0 fully saturated rings. The van der Waals surface area contributed by atoms with Crippen LogP contribution in [0.25, 0.3) is 0 Å². The number of hydrogen-bond donors (Lipinski definition) is 3. The largest absolute Gasteiger partial charge is 0.437 e. The highest BCUT2D eigenvalue weighted by molar-refractivity contribution is 6.36. The lowest BCUT2D eigenvalue weighted by Crippen LogP contribution is -2.30. The number of hydrogen-bond acceptors (Lipinski definition) is 6. The van der Waals surface area contributed by atoms with E-state index in [0.29, 0.717) is 10.8 Å². The molecule has 2 aromatic carbocycles. The van der Waals surface area contributed by atoms with Gasteiger partial charge in [-0.05, 0) is 55.3 Å². The second-order valence-electron chi connectivity index (χ2n) is 6.07. The average molecular weight is 418 g/mol. The molecule has 0 aliphatic heterocycles. The third-order valence-corrected chi connectivity index (χ3v) is 4.28. The summed E-state index contributed by atoms with van der Waals surface area (Å²) in [4.78, 5) is 20.4. The predicted molar refractivity (Wildman–Crippen MR) is 110 cm³/mol. The summed E-state index contributed by atoms with van der Waals surface area (Å²) in [6.07, 6.45) is 1.28. The highest BCUT2D eigenvalue weighted by Gasteiger charge is 2.14. The Morgan fingerprint density at radius 2 is 1.79 bits per heavy atom. The van der Waals surface area contributed by atoms with Crippen LogP contribution in [0.3, 0.4) is 0 Å². The lowest BCUT2D eigenvalue weighted by atomic mass is 10.1. The van der Waals surface area contributed by atoms with E-state index in [4.69, 9.17) is 33.7 Å². The maximum atomic E-state index is 12.3. The molecule has 7 nitrogen and oxygen atoms in total. The molecule has 0 saturated heterocycles. The van der Waals surface area contributed by atoms with Crippen LogP contribution in [0.5, 0.6) is 11.6 Å². The van der Waals surface area contributed by atoms with Gasteiger partial charge in [-0.1, -0.05) is 29.3 Å². The van der Waals surface area contributed by atoms with E-state index in [2.05, 4.69) is 20.8 Å². The lowest BCUT2D eigenvalue weighted by molar-refractivity contribution is 0.0962. The van der Waals surface area contributed by atoms with E-state index < -0.39 is 5.91 Å². The van der Waals surface area contributed by atoms with Crippen molar-refractivity contribution in [2.75, 3.05) is 11.2 Å². The van der Waals surface area contributed by atoms with Crippen LogP contribution in [0.2, 0.25) is 10.0 Å². The zero-order valence-corrected chi connectivity index (χ0v) is 16.6. The van der Waals surface area contributed by atoms with Crippen molar-refractivity contribution in [3.05, 3.63) is 69.5 Å². The Morgan fingerprint density at radius 3 is 2.46 bits per heavy atom. The van der Waals surface area contributed by atoms with Gasteiger partial charge in [0.25, 0.3) is 5.91 Å². The summed E-state index contributed by atoms with van der Waals surface area (Å²) in [5.74, 6) is 0.483. The molecule has 9 heteroatoms. The molecule has 0 spiro atoms. The first kappa shape index (κ1) is 19.7. The summed E-state index contributed by atoms with van der Waals surface area (Å²) >= 11 is 11.9. The smallest absolute Gasteiger partial charge is 0.271 e. The molecule has 28 heavy (non-hydrogen) atoms. The van der Waals surface area contributed by atoms with Crippen molar-refractivity contribution in [1.29, 1.82) is 0 Å². The topological polar surface area (TPSA) is 102 Å². The average Bonchev–Trinajstić information content (AvgIpc) is 2.61. The van der Waals surface area contributed by atoms with Gasteiger partial charge in [-0.2, -0.15) is 4.98 Å². The van der Waals surface area contributed by atoms with E-state index in [-0.39, 0.29) is 28.0 Å². The third-order valence-electron chi connectivity index (χ3n) is 3.73. The van der Waals surface area contributed by atoms with Crippen molar-refractivity contribution in [2.24, 2.45) is 0 Å². The number of carbonyl (C=O) groups excluding carboxylic acids is 1. The van der Waals surface area contributed by atoms with Gasteiger partial charge in [0.2, 0.25) is 5.88 Å². The number of carbonyl (C=O) groups is 1. The number of aromatic nitrogens is 2. The number of nitrogens with two attached hydrogens (primary N) is 1. The number of anilines is 2. The molecule has 0 aliphatic rings. The van der Waals surface area contributed by atoms with Crippen LogP contribution >= 0.6 is 23.2 Å². The van der Waals surface area contributed by atoms with E-state index in [1.807, 2.05) is 32.0 Å². The monoisotopic (exact) mass is 417 g/mol. The molecule has 3 rings (SSSR count). The van der Waals surface area contributed by atoms with Crippen LogP contribution in [-0.4, -0.2) is 15.9 Å². The molecule has 0 atom stereocenters. The fourth-order valence-electron chi connectivity index (χ4n) is 2.52. The Bertz CT molecular complexity index is 1020. The van der Waals surface area contributed by atoms with Gasteiger partial charge in [0.05, 0.1) is 10.6 Å². The number of ether oxygens (including phenoxy) is 1. The standard InChI is InChI=1S/C19H17Cl2N5O2/c1-10-5-11(2)7-13(6-10)28-19-16(22)17(23-9-24-19)25-26-18(27)14-4-3-12(20)8-15(14)21/h3-9H,22H2,1-2H3,(H,26,27)(H,23,24,25). The number of benzene rings is 2. The fraction of sp³-hybridized carbons (Fsp3) is 0.105. The summed E-state index contributed by atoms with van der Waals surface area (Å²) in [5.41, 5.74) is 13.7. The number of nitrogens with zero attached hydrogens (tertiary/aromatic N) is 2. The maximum absolute atomic E-state index is 12.3. The minimum Gasteiger partial charge on any atom is -0.437 e. The van der Waals surface area contributed by atoms with Crippen LogP contribution in [0.1, 0.15) is 21.5 Å². The van der Waals surface area contributed by atoms with Gasteiger partial charge in [0.1, 0.15) is 17.8 Å². The molecule has 144 valence electrons. The van der Waals surface area contributed by atoms with E-state index in [0.717, 1.165) is 11.1 Å². The van der Waals surface area contributed by atoms with Crippen molar-refractivity contribution in [2.45, 2.75) is 13.8 Å². The van der Waals surface area contributed by atoms with Gasteiger partial charge >= 0.3 is 0 Å². The first-order valence-corrected chi connectivity index (χ1v) is 8.97. The summed E-state index contributed by atoms with van der Waals surface area (Å²) in [7, 11) is 0. The molecular formula is C19H17Cl2N5O2. The summed E-state index contributed by atoms with van der Waals surface area (Å²) in [5, 5.41) is 0.657. The van der Waals surface area contributed by atoms with Crippen molar-refractivity contribution in [3.8, 4) is 11.6 Å². The SMILES string of the molecule is Cc1cc(C)cc(Oc2ncnc(NNC(=O)c3ccc(Cl)cc3Cl)c2N)c1. The van der Waals surface area contributed by atoms with Gasteiger partial charge in [0.15, 0.2) is 5.82 Å². The normalized spacial score (nSPS) is 10.4. The van der Waals surface area contributed by atoms with Crippen LogP contribution in [0, 0.1) is 13.8 Å². The number of nitrogen functional groups attached to an aromatic ring is 1. The first-order valence-electron chi connectivity index (χ1n) is 8.21. The minimum atomic E-state index is -0.476. The highest BCUT2D eigenvalue weighted by Crippen LogP contribution is 2.30. The molecule has 0 aliphatic carbocycles. The molecule has 0 saturated carbocycles. The number of amides is 1. The fourth-order valence-corrected chi connectivity index (χ4v) is 3.02. The van der Waals surface area contributed by atoms with E-state index >= 15 is 0 Å². The molecule has 0 radical (unpaired) electrons. The van der Waals surface area contributed by atoms with Crippen molar-refractivity contribution < 1.29 is 9.53 Å². The maximum Gasteiger partial charge on any atom is 0.271 e. The van der Waals surface area contributed by atoms with Crippen molar-refractivity contribution in [3.63, 3.8) is 0 Å². The van der Waals surface area contributed by atoms with E-state index in [1.165, 1.54) is 18.5 Å². The Balaban J connectivity index is 1.74. The molecular weight excluding hydrogens is 401 g/mol. The van der Waals surface area contributed by atoms with Gasteiger partial charge < -0.3 is 10.5 Å². The number of halogens is 2. The highest BCUT2D eigenvalue weighted by atomic mass is 35.5. The molecule has 3 aromatic rings. The van der Waals surface area contributed by atoms with Gasteiger partial charge in [-0.3, -0.25) is 15.6 Å². The Hall–Kier alpha value is -3.03. The van der Waals surface area contributed by atoms with Crippen LogP contribution in [0.15, 0.2) is 42.7 Å². The Kier molecular flexibility index (Phi) is 5.87. The number of rotatable bonds is 5. The quantitative estimate of drug-likeness (QED) is 0.526. The molecule has 0 unspecified atom stereocenters. The zero-order valence-electron chi connectivity index (χ0n) is 15.1. The number of aryl methyl sites for hydroxylation is 2. The third kappa shape index (κ3) is 4.62. The summed E-state index contributed by atoms with van der Waals surface area (Å²) < 4.78 is 5.77. The molecule has 4 N–H and O–H groups in total. The predicted octanol–water partition coefficient (Wildman–Crippen LogP) is 4.53. The van der Waals surface area contributed by atoms with Crippen molar-refractivity contribution in [1.82, 2.24) is 15.4 Å². The molecule has 1 heterocycles. The summed E-state index contributed by atoms with van der Waals surface area (Å²) in [6, 6.07) is 10.3. The van der Waals surface area contributed by atoms with E-state index in [9.17, 15) is 4.79 Å². The van der Waals surface area contributed by atoms with Crippen LogP contribution in [0.4, 0.5) is 11.5 Å². The zero-order chi connectivity index (χ0) is 20.3. The second kappa shape index (κ2) is 8.33. The minimum absolute atomic E-state index is 0.143. The van der Waals surface area contributed by atoms with Crippen molar-refractivity contribution >= 4 is 40.6 Å². The van der Waals surface area contributed by atoms with Crippen LogP contribution < -0.4 is 21.3 Å². The Labute approximate surface area is 171 Å². The first-order chi connectivity index (χ1) is 13.3. The summed E-state index contributed by atoms with van der Waals surface area (Å²) in [6.45, 7) is 3.93.